The van der Waals surface area contributed by atoms with Crippen molar-refractivity contribution in [1.82, 2.24) is 0 Å². The van der Waals surface area contributed by atoms with E-state index in [0.717, 1.165) is 19.3 Å². The Morgan fingerprint density at radius 3 is 2.33 bits per heavy atom. The molecule has 0 aliphatic heterocycles. The Hall–Kier alpha value is 0.392. The molecule has 0 aromatic heterocycles. The molecule has 0 fully saturated rings. The number of carboxylic acid groups (broad SMARTS) is 1. The number of hydrogen-bond acceptors (Lipinski definition) is 1. The Morgan fingerprint density at radius 1 is 1.44 bits per heavy atom. The predicted molar refractivity (Wildman–Crippen MR) is 37.5 cm³/mol. The molecular formula is C6H12O2Tl. The molecule has 0 heterocycles. The van der Waals surface area contributed by atoms with E-state index in [2.05, 4.69) is 6.92 Å². The van der Waals surface area contributed by atoms with Gasteiger partial charge in [0, 0.05) is 33.7 Å². The molecule has 0 aliphatic rings. The van der Waals surface area contributed by atoms with Crippen molar-refractivity contribution >= 4 is 33.3 Å². The van der Waals surface area contributed by atoms with Crippen LogP contribution in [0.25, 0.3) is 0 Å². The number of hydrogen-bond donors (Lipinski definition) is 1. The smallest absolute Gasteiger partial charge is 0.303 e. The van der Waals surface area contributed by atoms with Gasteiger partial charge in [-0.15, -0.1) is 0 Å². The van der Waals surface area contributed by atoms with Gasteiger partial charge in [0.1, 0.15) is 0 Å². The van der Waals surface area contributed by atoms with Crippen LogP contribution in [0.15, 0.2) is 0 Å². The minimum absolute atomic E-state index is 0. The standard InChI is InChI=1S/C6H12O2.Tl/c1-2-3-4-5-6(7)8;/h2-5H2,1H3,(H,7,8);. The van der Waals surface area contributed by atoms with Crippen LogP contribution in [0.1, 0.15) is 32.6 Å². The van der Waals surface area contributed by atoms with Gasteiger partial charge in [0.15, 0.2) is 0 Å². The maximum Gasteiger partial charge on any atom is 0.303 e. The van der Waals surface area contributed by atoms with Crippen LogP contribution in [-0.4, -0.2) is 38.4 Å². The molecule has 1 N–H and O–H groups in total. The van der Waals surface area contributed by atoms with Crippen LogP contribution in [0.4, 0.5) is 0 Å². The number of carboxylic acids is 1. The molecule has 1 radical (unpaired) electrons. The summed E-state index contributed by atoms with van der Waals surface area (Å²) in [6.07, 6.45) is 3.28. The third-order valence-electron chi connectivity index (χ3n) is 0.994. The normalized spacial score (nSPS) is 8.11. The van der Waals surface area contributed by atoms with E-state index in [0.29, 0.717) is 6.42 Å². The van der Waals surface area contributed by atoms with Gasteiger partial charge in [-0.25, -0.2) is 0 Å². The third kappa shape index (κ3) is 11.8. The van der Waals surface area contributed by atoms with E-state index in [4.69, 9.17) is 5.11 Å². The summed E-state index contributed by atoms with van der Waals surface area (Å²) in [6.45, 7) is 2.06. The van der Waals surface area contributed by atoms with Gasteiger partial charge in [-0.2, -0.15) is 0 Å². The second-order valence-electron chi connectivity index (χ2n) is 1.85. The predicted octanol–water partition coefficient (Wildman–Crippen LogP) is 1.27. The van der Waals surface area contributed by atoms with Gasteiger partial charge in [-0.3, -0.25) is 4.79 Å². The molecular weight excluding hydrogens is 308 g/mol. The fraction of sp³-hybridized carbons (Fsp3) is 0.833. The van der Waals surface area contributed by atoms with Crippen LogP contribution >= 0.6 is 0 Å². The van der Waals surface area contributed by atoms with E-state index in [1.54, 1.807) is 0 Å². The van der Waals surface area contributed by atoms with Crippen LogP contribution in [0, 0.1) is 0 Å². The van der Waals surface area contributed by atoms with E-state index in [-0.39, 0.29) is 27.3 Å². The second kappa shape index (κ2) is 8.39. The Bertz CT molecular complexity index is 73.5. The minimum Gasteiger partial charge on any atom is -0.481 e. The summed E-state index contributed by atoms with van der Waals surface area (Å²) in [5.41, 5.74) is 0. The molecule has 3 heteroatoms. The Balaban J connectivity index is 0. The monoisotopic (exact) mass is 321 g/mol. The second-order valence-corrected chi connectivity index (χ2v) is 1.85. The molecule has 0 aromatic rings. The van der Waals surface area contributed by atoms with Crippen molar-refractivity contribution < 1.29 is 9.90 Å². The van der Waals surface area contributed by atoms with Gasteiger partial charge in [0.05, 0.1) is 0 Å². The Morgan fingerprint density at radius 2 is 2.00 bits per heavy atom. The first kappa shape index (κ1) is 12.1. The first-order valence-electron chi connectivity index (χ1n) is 2.99. The zero-order valence-corrected chi connectivity index (χ0v) is 10.3. The fourth-order valence-electron chi connectivity index (χ4n) is 0.526. The van der Waals surface area contributed by atoms with Crippen molar-refractivity contribution in [2.45, 2.75) is 32.6 Å². The Labute approximate surface area is 75.8 Å². The zero-order valence-electron chi connectivity index (χ0n) is 5.76. The van der Waals surface area contributed by atoms with Crippen molar-refractivity contribution in [2.24, 2.45) is 0 Å². The van der Waals surface area contributed by atoms with Crippen LogP contribution in [0.5, 0.6) is 0 Å². The van der Waals surface area contributed by atoms with Crippen molar-refractivity contribution in [1.29, 1.82) is 0 Å². The number of rotatable bonds is 4. The van der Waals surface area contributed by atoms with Crippen molar-refractivity contribution in [2.75, 3.05) is 0 Å². The summed E-state index contributed by atoms with van der Waals surface area (Å²) in [7, 11) is 0. The van der Waals surface area contributed by atoms with E-state index in [9.17, 15) is 4.79 Å². The summed E-state index contributed by atoms with van der Waals surface area (Å²) >= 11 is 0. The van der Waals surface area contributed by atoms with Gasteiger partial charge in [0.2, 0.25) is 0 Å². The zero-order chi connectivity index (χ0) is 6.41. The van der Waals surface area contributed by atoms with Crippen LogP contribution < -0.4 is 0 Å². The summed E-state index contributed by atoms with van der Waals surface area (Å²) in [4.78, 5) is 9.87. The number of carbonyl (C=O) groups is 1. The molecule has 0 spiro atoms. The van der Waals surface area contributed by atoms with Crippen LogP contribution in [-0.2, 0) is 4.79 Å². The van der Waals surface area contributed by atoms with Gasteiger partial charge in [-0.1, -0.05) is 19.8 Å². The molecule has 9 heavy (non-hydrogen) atoms. The minimum atomic E-state index is -0.682. The van der Waals surface area contributed by atoms with Gasteiger partial charge < -0.3 is 5.11 Å². The largest absolute Gasteiger partial charge is 0.481 e. The van der Waals surface area contributed by atoms with E-state index >= 15 is 0 Å². The Kier molecular flexibility index (Phi) is 11.3. The van der Waals surface area contributed by atoms with Crippen molar-refractivity contribution in [3.8, 4) is 0 Å². The molecule has 0 saturated carbocycles. The molecule has 0 bridgehead atoms. The number of aliphatic carboxylic acids is 1. The molecule has 0 amide bonds. The first-order chi connectivity index (χ1) is 3.77. The third-order valence-corrected chi connectivity index (χ3v) is 0.994. The fourth-order valence-corrected chi connectivity index (χ4v) is 0.526. The molecule has 0 aliphatic carbocycles. The van der Waals surface area contributed by atoms with Gasteiger partial charge in [0.25, 0.3) is 0 Å². The van der Waals surface area contributed by atoms with Gasteiger partial charge >= 0.3 is 5.97 Å². The van der Waals surface area contributed by atoms with Crippen molar-refractivity contribution in [3.05, 3.63) is 0 Å². The summed E-state index contributed by atoms with van der Waals surface area (Å²) in [6, 6.07) is 0. The summed E-state index contributed by atoms with van der Waals surface area (Å²) in [5, 5.41) is 8.14. The summed E-state index contributed by atoms with van der Waals surface area (Å²) in [5.74, 6) is -0.682. The maximum atomic E-state index is 9.87. The van der Waals surface area contributed by atoms with E-state index < -0.39 is 5.97 Å². The van der Waals surface area contributed by atoms with E-state index in [1.165, 1.54) is 0 Å². The average Bonchev–Trinajstić information content (AvgIpc) is 1.66. The molecule has 0 aromatic carbocycles. The molecule has 0 saturated heterocycles. The van der Waals surface area contributed by atoms with Crippen LogP contribution in [0.2, 0.25) is 0 Å². The molecule has 2 nitrogen and oxygen atoms in total. The topological polar surface area (TPSA) is 37.3 Å². The molecule has 0 atom stereocenters. The SMILES string of the molecule is CCCCCC(=O)O.[Tl]. The summed E-state index contributed by atoms with van der Waals surface area (Å²) < 4.78 is 0. The quantitative estimate of drug-likeness (QED) is 0.626. The van der Waals surface area contributed by atoms with Gasteiger partial charge in [-0.05, 0) is 6.42 Å². The average molecular weight is 321 g/mol. The van der Waals surface area contributed by atoms with E-state index in [1.807, 2.05) is 0 Å². The van der Waals surface area contributed by atoms with Crippen molar-refractivity contribution in [3.63, 3.8) is 0 Å². The molecule has 0 rings (SSSR count). The molecule has 51 valence electrons. The maximum absolute atomic E-state index is 9.87. The first-order valence-corrected chi connectivity index (χ1v) is 2.99. The number of unbranched alkanes of at least 4 members (excludes halogenated alkanes) is 2. The van der Waals surface area contributed by atoms with Crippen LogP contribution in [0.3, 0.4) is 0 Å². The molecule has 0 unspecified atom stereocenters.